The highest BCUT2D eigenvalue weighted by atomic mass is 35.5. The summed E-state index contributed by atoms with van der Waals surface area (Å²) in [5.74, 6) is -0.706. The van der Waals surface area contributed by atoms with Crippen LogP contribution in [0, 0.1) is 0 Å². The highest BCUT2D eigenvalue weighted by Gasteiger charge is 2.36. The van der Waals surface area contributed by atoms with E-state index >= 15 is 0 Å². The Balaban J connectivity index is 1.65. The molecule has 1 amide bonds. The molecule has 0 fully saturated rings. The van der Waals surface area contributed by atoms with Crippen LogP contribution in [-0.4, -0.2) is 34.9 Å². The Morgan fingerprint density at radius 1 is 1.18 bits per heavy atom. The normalized spacial score (nSPS) is 15.8. The second-order valence-electron chi connectivity index (χ2n) is 6.49. The molecule has 2 heterocycles. The number of benzene rings is 2. The lowest BCUT2D eigenvalue weighted by atomic mass is 9.93. The predicted molar refractivity (Wildman–Crippen MR) is 108 cm³/mol. The molecule has 0 N–H and O–H groups in total. The van der Waals surface area contributed by atoms with Gasteiger partial charge in [-0.25, -0.2) is 9.78 Å². The zero-order chi connectivity index (χ0) is 19.7. The topological polar surface area (TPSA) is 59.5 Å². The Bertz CT molecular complexity index is 1050. The molecule has 1 aromatic heterocycles. The van der Waals surface area contributed by atoms with E-state index in [0.29, 0.717) is 28.7 Å². The van der Waals surface area contributed by atoms with Gasteiger partial charge in [-0.15, -0.1) is 11.3 Å². The molecule has 28 heavy (non-hydrogen) atoms. The number of thiazole rings is 1. The van der Waals surface area contributed by atoms with Crippen LogP contribution in [-0.2, 0) is 22.5 Å². The van der Waals surface area contributed by atoms with Gasteiger partial charge in [0.1, 0.15) is 16.7 Å². The molecule has 0 aliphatic carbocycles. The first-order chi connectivity index (χ1) is 13.6. The average molecular weight is 413 g/mol. The highest BCUT2D eigenvalue weighted by molar-refractivity contribution is 7.13. The Morgan fingerprint density at radius 2 is 1.96 bits per heavy atom. The molecule has 1 atom stereocenters. The quantitative estimate of drug-likeness (QED) is 0.605. The van der Waals surface area contributed by atoms with Gasteiger partial charge in [0.25, 0.3) is 5.91 Å². The van der Waals surface area contributed by atoms with Gasteiger partial charge in [-0.3, -0.25) is 4.79 Å². The number of hydrogen-bond donors (Lipinski definition) is 0. The van der Waals surface area contributed by atoms with Crippen molar-refractivity contribution in [1.29, 1.82) is 0 Å². The number of amides is 1. The van der Waals surface area contributed by atoms with E-state index in [0.717, 1.165) is 16.7 Å². The lowest BCUT2D eigenvalue weighted by molar-refractivity contribution is -0.146. The fourth-order valence-electron chi connectivity index (χ4n) is 3.36. The van der Waals surface area contributed by atoms with Gasteiger partial charge in [-0.1, -0.05) is 48.0 Å². The van der Waals surface area contributed by atoms with Crippen molar-refractivity contribution in [2.24, 2.45) is 0 Å². The standard InChI is InChI=1S/C21H17ClN2O3S/c1-27-21(26)18-10-13-5-2-3-6-15(13)11-24(18)20(25)17-12-28-19(23-17)14-7-4-8-16(22)9-14/h2-9,12,18H,10-11H2,1H3. The monoisotopic (exact) mass is 412 g/mol. The van der Waals surface area contributed by atoms with E-state index in [-0.39, 0.29) is 5.91 Å². The lowest BCUT2D eigenvalue weighted by Crippen LogP contribution is -2.49. The molecule has 0 bridgehead atoms. The summed E-state index contributed by atoms with van der Waals surface area (Å²) in [6.45, 7) is 0.346. The molecular formula is C21H17ClN2O3S. The predicted octanol–water partition coefficient (Wildman–Crippen LogP) is 4.20. The minimum atomic E-state index is -0.663. The van der Waals surface area contributed by atoms with Crippen LogP contribution in [0.3, 0.4) is 0 Å². The van der Waals surface area contributed by atoms with E-state index in [4.69, 9.17) is 16.3 Å². The molecule has 0 saturated carbocycles. The molecule has 0 spiro atoms. The van der Waals surface area contributed by atoms with E-state index < -0.39 is 12.0 Å². The number of halogens is 1. The van der Waals surface area contributed by atoms with Crippen LogP contribution in [0.25, 0.3) is 10.6 Å². The van der Waals surface area contributed by atoms with Crippen molar-refractivity contribution in [3.8, 4) is 10.6 Å². The van der Waals surface area contributed by atoms with Crippen molar-refractivity contribution in [1.82, 2.24) is 9.88 Å². The number of hydrogen-bond acceptors (Lipinski definition) is 5. The van der Waals surface area contributed by atoms with Crippen LogP contribution >= 0.6 is 22.9 Å². The second kappa shape index (κ2) is 7.73. The molecule has 0 saturated heterocycles. The molecule has 0 radical (unpaired) electrons. The molecule has 2 aromatic carbocycles. The van der Waals surface area contributed by atoms with Crippen LogP contribution in [0.1, 0.15) is 21.6 Å². The Hall–Kier alpha value is -2.70. The largest absolute Gasteiger partial charge is 0.467 e. The fourth-order valence-corrected chi connectivity index (χ4v) is 4.34. The van der Waals surface area contributed by atoms with E-state index in [1.165, 1.54) is 18.4 Å². The zero-order valence-electron chi connectivity index (χ0n) is 15.1. The lowest BCUT2D eigenvalue weighted by Gasteiger charge is -2.34. The van der Waals surface area contributed by atoms with Gasteiger partial charge in [-0.2, -0.15) is 0 Å². The first-order valence-corrected chi connectivity index (χ1v) is 9.99. The first-order valence-electron chi connectivity index (χ1n) is 8.74. The molecule has 142 valence electrons. The van der Waals surface area contributed by atoms with Gasteiger partial charge >= 0.3 is 5.97 Å². The van der Waals surface area contributed by atoms with Crippen molar-refractivity contribution in [2.75, 3.05) is 7.11 Å². The maximum atomic E-state index is 13.2. The molecular weight excluding hydrogens is 396 g/mol. The van der Waals surface area contributed by atoms with Crippen molar-refractivity contribution in [3.05, 3.63) is 75.8 Å². The van der Waals surface area contributed by atoms with Gasteiger partial charge < -0.3 is 9.64 Å². The number of aromatic nitrogens is 1. The Morgan fingerprint density at radius 3 is 2.71 bits per heavy atom. The molecule has 1 unspecified atom stereocenters. The van der Waals surface area contributed by atoms with Crippen molar-refractivity contribution in [2.45, 2.75) is 19.0 Å². The fraction of sp³-hybridized carbons (Fsp3) is 0.190. The number of rotatable bonds is 3. The summed E-state index contributed by atoms with van der Waals surface area (Å²) in [6, 6.07) is 14.5. The third-order valence-corrected chi connectivity index (χ3v) is 5.90. The highest BCUT2D eigenvalue weighted by Crippen LogP contribution is 2.29. The van der Waals surface area contributed by atoms with Crippen LogP contribution < -0.4 is 0 Å². The Labute approximate surface area is 171 Å². The maximum absolute atomic E-state index is 13.2. The van der Waals surface area contributed by atoms with E-state index in [1.54, 1.807) is 16.3 Å². The number of ether oxygens (including phenoxy) is 1. The average Bonchev–Trinajstić information content (AvgIpc) is 3.22. The van der Waals surface area contributed by atoms with Crippen LogP contribution in [0.15, 0.2) is 53.9 Å². The number of nitrogens with zero attached hydrogens (tertiary/aromatic N) is 2. The third kappa shape index (κ3) is 3.53. The zero-order valence-corrected chi connectivity index (χ0v) is 16.7. The second-order valence-corrected chi connectivity index (χ2v) is 7.79. The molecule has 4 rings (SSSR count). The number of carbonyl (C=O) groups is 2. The van der Waals surface area contributed by atoms with Gasteiger partial charge in [0.2, 0.25) is 0 Å². The molecule has 1 aliphatic rings. The van der Waals surface area contributed by atoms with E-state index in [1.807, 2.05) is 42.5 Å². The van der Waals surface area contributed by atoms with Crippen molar-refractivity contribution >= 4 is 34.8 Å². The van der Waals surface area contributed by atoms with Crippen LogP contribution in [0.5, 0.6) is 0 Å². The van der Waals surface area contributed by atoms with Crippen molar-refractivity contribution in [3.63, 3.8) is 0 Å². The molecule has 5 nitrogen and oxygen atoms in total. The van der Waals surface area contributed by atoms with E-state index in [2.05, 4.69) is 4.98 Å². The van der Waals surface area contributed by atoms with Gasteiger partial charge in [-0.05, 0) is 23.3 Å². The van der Waals surface area contributed by atoms with Gasteiger partial charge in [0.15, 0.2) is 0 Å². The molecule has 1 aliphatic heterocycles. The molecule has 7 heteroatoms. The summed E-state index contributed by atoms with van der Waals surface area (Å²) in [6.07, 6.45) is 0.430. The minimum Gasteiger partial charge on any atom is -0.467 e. The SMILES string of the molecule is COC(=O)C1Cc2ccccc2CN1C(=O)c1csc(-c2cccc(Cl)c2)n1. The smallest absolute Gasteiger partial charge is 0.328 e. The van der Waals surface area contributed by atoms with Crippen molar-refractivity contribution < 1.29 is 14.3 Å². The van der Waals surface area contributed by atoms with Crippen LogP contribution in [0.4, 0.5) is 0 Å². The Kier molecular flexibility index (Phi) is 5.15. The summed E-state index contributed by atoms with van der Waals surface area (Å²) in [5.41, 5.74) is 3.25. The van der Waals surface area contributed by atoms with E-state index in [9.17, 15) is 9.59 Å². The summed E-state index contributed by atoms with van der Waals surface area (Å²) < 4.78 is 4.94. The number of fused-ring (bicyclic) bond motifs is 1. The van der Waals surface area contributed by atoms with Gasteiger partial charge in [0, 0.05) is 28.9 Å². The minimum absolute atomic E-state index is 0.283. The maximum Gasteiger partial charge on any atom is 0.328 e. The summed E-state index contributed by atoms with van der Waals surface area (Å²) in [7, 11) is 1.34. The first kappa shape index (κ1) is 18.7. The third-order valence-electron chi connectivity index (χ3n) is 4.78. The number of esters is 1. The molecule has 3 aromatic rings. The summed E-state index contributed by atoms with van der Waals surface area (Å²) >= 11 is 7.43. The number of carbonyl (C=O) groups excluding carboxylic acids is 2. The summed E-state index contributed by atoms with van der Waals surface area (Å²) in [4.78, 5) is 31.6. The van der Waals surface area contributed by atoms with Crippen LogP contribution in [0.2, 0.25) is 5.02 Å². The number of methoxy groups -OCH3 is 1. The van der Waals surface area contributed by atoms with Gasteiger partial charge in [0.05, 0.1) is 7.11 Å². The summed E-state index contributed by atoms with van der Waals surface area (Å²) in [5, 5.41) is 3.03.